The molecule has 0 fully saturated rings. The van der Waals surface area contributed by atoms with E-state index in [2.05, 4.69) is 32.2 Å². The maximum absolute atomic E-state index is 14.3. The number of nitrogens with one attached hydrogen (secondary N) is 1. The van der Waals surface area contributed by atoms with Crippen LogP contribution in [0.15, 0.2) is 53.7 Å². The van der Waals surface area contributed by atoms with Crippen LogP contribution >= 0.6 is 15.9 Å². The molecule has 6 heteroatoms. The lowest BCUT2D eigenvalue weighted by molar-refractivity contribution is 0.499. The van der Waals surface area contributed by atoms with Gasteiger partial charge in [0.25, 0.3) is 0 Å². The number of benzene rings is 1. The van der Waals surface area contributed by atoms with E-state index in [-0.39, 0.29) is 5.82 Å². The summed E-state index contributed by atoms with van der Waals surface area (Å²) in [7, 11) is 0. The number of hydrogen-bond acceptors (Lipinski definition) is 3. The first-order chi connectivity index (χ1) is 11.6. The largest absolute Gasteiger partial charge is 0.598 e. The molecule has 1 aromatic carbocycles. The molecule has 25 heavy (non-hydrogen) atoms. The summed E-state index contributed by atoms with van der Waals surface area (Å²) in [6.07, 6.45) is 3.26. The highest BCUT2D eigenvalue weighted by molar-refractivity contribution is 9.10. The number of hydrogen-bond donors (Lipinski definition) is 1. The van der Waals surface area contributed by atoms with Gasteiger partial charge >= 0.3 is 0 Å². The third-order valence-electron chi connectivity index (χ3n) is 3.88. The molecular weight excluding hydrogens is 403 g/mol. The van der Waals surface area contributed by atoms with Crippen LogP contribution in [0.2, 0.25) is 0 Å². The van der Waals surface area contributed by atoms with Crippen molar-refractivity contribution in [1.29, 1.82) is 0 Å². The highest BCUT2D eigenvalue weighted by atomic mass is 79.9. The second kappa shape index (κ2) is 7.58. The van der Waals surface area contributed by atoms with E-state index in [1.165, 1.54) is 6.07 Å². The van der Waals surface area contributed by atoms with Gasteiger partial charge in [-0.05, 0) is 73.0 Å². The maximum atomic E-state index is 14.3. The van der Waals surface area contributed by atoms with Gasteiger partial charge in [0.15, 0.2) is 0 Å². The van der Waals surface area contributed by atoms with E-state index < -0.39 is 21.6 Å². The highest BCUT2D eigenvalue weighted by Crippen LogP contribution is 2.36. The number of nitrogens with zero attached hydrogens (tertiary/aromatic N) is 1. The Morgan fingerprint density at radius 3 is 2.52 bits per heavy atom. The van der Waals surface area contributed by atoms with E-state index in [9.17, 15) is 8.94 Å². The van der Waals surface area contributed by atoms with Gasteiger partial charge in [-0.15, -0.1) is 11.3 Å². The molecule has 2 atom stereocenters. The van der Waals surface area contributed by atoms with E-state index in [1.807, 2.05) is 26.8 Å². The standard InChI is InChI=1S/C19H22BrFN2OS/c1-6-19(23-25(24)18(3,4)5,17-15(20)8-7-11-22-17)14-10-9-13(2)16(21)12-14/h6-12,23H,1H2,2-5H3/t19-,25+/m1/s1. The van der Waals surface area contributed by atoms with E-state index in [4.69, 9.17) is 0 Å². The molecule has 0 aliphatic heterocycles. The van der Waals surface area contributed by atoms with Crippen LogP contribution in [0.3, 0.4) is 0 Å². The quantitative estimate of drug-likeness (QED) is 0.555. The Hall–Kier alpha value is -1.21. The zero-order chi connectivity index (χ0) is 18.8. The van der Waals surface area contributed by atoms with Gasteiger partial charge in [0.05, 0.1) is 5.69 Å². The Morgan fingerprint density at radius 1 is 1.32 bits per heavy atom. The number of pyridine rings is 1. The summed E-state index contributed by atoms with van der Waals surface area (Å²) in [5.74, 6) is -0.334. The van der Waals surface area contributed by atoms with Crippen molar-refractivity contribution in [2.75, 3.05) is 0 Å². The normalized spacial score (nSPS) is 15.5. The molecule has 0 radical (unpaired) electrons. The Labute approximate surface area is 160 Å². The molecule has 0 bridgehead atoms. The summed E-state index contributed by atoms with van der Waals surface area (Å²) >= 11 is 2.07. The predicted molar refractivity (Wildman–Crippen MR) is 105 cm³/mol. The van der Waals surface area contributed by atoms with Crippen LogP contribution in [-0.2, 0) is 16.9 Å². The number of aromatic nitrogens is 1. The molecule has 0 aliphatic carbocycles. The fraction of sp³-hybridized carbons (Fsp3) is 0.316. The number of aryl methyl sites for hydroxylation is 1. The van der Waals surface area contributed by atoms with Gasteiger partial charge in [-0.25, -0.2) is 4.39 Å². The second-order valence-corrected chi connectivity index (χ2v) is 9.61. The Balaban J connectivity index is 2.71. The summed E-state index contributed by atoms with van der Waals surface area (Å²) in [6.45, 7) is 11.2. The molecule has 0 aliphatic rings. The highest BCUT2D eigenvalue weighted by Gasteiger charge is 2.42. The van der Waals surface area contributed by atoms with Crippen LogP contribution in [0.1, 0.15) is 37.6 Å². The Kier molecular flexibility index (Phi) is 6.09. The first kappa shape index (κ1) is 20.1. The lowest BCUT2D eigenvalue weighted by atomic mass is 9.86. The minimum Gasteiger partial charge on any atom is -0.598 e. The van der Waals surface area contributed by atoms with Gasteiger partial charge in [-0.2, -0.15) is 0 Å². The van der Waals surface area contributed by atoms with Crippen LogP contribution in [0.25, 0.3) is 0 Å². The third kappa shape index (κ3) is 4.14. The topological polar surface area (TPSA) is 48.0 Å². The molecule has 0 amide bonds. The van der Waals surface area contributed by atoms with Crippen molar-refractivity contribution >= 4 is 27.3 Å². The third-order valence-corrected chi connectivity index (χ3v) is 6.13. The van der Waals surface area contributed by atoms with Crippen molar-refractivity contribution in [3.8, 4) is 0 Å². The monoisotopic (exact) mass is 424 g/mol. The van der Waals surface area contributed by atoms with Gasteiger partial charge in [0, 0.05) is 22.0 Å². The SMILES string of the molecule is C=C[C@@](N[S@@+]([O-])C(C)(C)C)(c1ccc(C)c(F)c1)c1ncccc1Br. The first-order valence-corrected chi connectivity index (χ1v) is 9.77. The zero-order valence-corrected chi connectivity index (χ0v) is 17.2. The van der Waals surface area contributed by atoms with Crippen LogP contribution in [0.5, 0.6) is 0 Å². The van der Waals surface area contributed by atoms with Crippen molar-refractivity contribution in [1.82, 2.24) is 9.71 Å². The van der Waals surface area contributed by atoms with E-state index in [1.54, 1.807) is 37.4 Å². The van der Waals surface area contributed by atoms with Crippen molar-refractivity contribution < 1.29 is 8.94 Å². The van der Waals surface area contributed by atoms with Crippen molar-refractivity contribution in [2.45, 2.75) is 38.0 Å². The van der Waals surface area contributed by atoms with Crippen LogP contribution in [0.4, 0.5) is 4.39 Å². The molecule has 1 aromatic heterocycles. The van der Waals surface area contributed by atoms with Crippen LogP contribution < -0.4 is 4.72 Å². The lowest BCUT2D eigenvalue weighted by Gasteiger charge is -2.36. The average Bonchev–Trinajstić information content (AvgIpc) is 2.55. The molecule has 3 nitrogen and oxygen atoms in total. The molecule has 0 saturated heterocycles. The predicted octanol–water partition coefficient (Wildman–Crippen LogP) is 4.77. The minimum atomic E-state index is -1.43. The van der Waals surface area contributed by atoms with Crippen LogP contribution in [0, 0.1) is 12.7 Å². The van der Waals surface area contributed by atoms with Gasteiger partial charge in [0.1, 0.15) is 16.1 Å². The molecule has 1 N–H and O–H groups in total. The molecule has 2 rings (SSSR count). The van der Waals surface area contributed by atoms with Gasteiger partial charge < -0.3 is 4.55 Å². The van der Waals surface area contributed by atoms with E-state index in [0.717, 1.165) is 0 Å². The maximum Gasteiger partial charge on any atom is 0.149 e. The molecule has 0 unspecified atom stereocenters. The Bertz CT molecular complexity index is 778. The summed E-state index contributed by atoms with van der Waals surface area (Å²) in [4.78, 5) is 4.45. The zero-order valence-electron chi connectivity index (χ0n) is 14.8. The lowest BCUT2D eigenvalue weighted by Crippen LogP contribution is -2.51. The summed E-state index contributed by atoms with van der Waals surface area (Å²) < 4.78 is 30.5. The van der Waals surface area contributed by atoms with Gasteiger partial charge in [-0.3, -0.25) is 4.98 Å². The number of rotatable bonds is 5. The average molecular weight is 425 g/mol. The van der Waals surface area contributed by atoms with Crippen molar-refractivity contribution in [3.63, 3.8) is 0 Å². The van der Waals surface area contributed by atoms with Crippen molar-refractivity contribution in [2.24, 2.45) is 0 Å². The molecule has 134 valence electrons. The molecule has 1 heterocycles. The molecule has 0 saturated carbocycles. The summed E-state index contributed by atoms with van der Waals surface area (Å²) in [6, 6.07) is 8.56. The summed E-state index contributed by atoms with van der Waals surface area (Å²) in [5, 5.41) is 0. The molecular formula is C19H22BrFN2OS. The van der Waals surface area contributed by atoms with Gasteiger partial charge in [0.2, 0.25) is 0 Å². The smallest absolute Gasteiger partial charge is 0.149 e. The van der Waals surface area contributed by atoms with E-state index in [0.29, 0.717) is 21.3 Å². The van der Waals surface area contributed by atoms with Crippen molar-refractivity contribution in [3.05, 3.63) is 76.3 Å². The molecule has 0 spiro atoms. The number of halogens is 2. The molecule has 2 aromatic rings. The second-order valence-electron chi connectivity index (χ2n) is 6.79. The summed E-state index contributed by atoms with van der Waals surface area (Å²) in [5.41, 5.74) is 0.597. The first-order valence-electron chi connectivity index (χ1n) is 7.82. The fourth-order valence-electron chi connectivity index (χ4n) is 2.31. The van der Waals surface area contributed by atoms with Gasteiger partial charge in [-0.1, -0.05) is 18.2 Å². The minimum absolute atomic E-state index is 0.334. The van der Waals surface area contributed by atoms with E-state index >= 15 is 0 Å². The van der Waals surface area contributed by atoms with Crippen LogP contribution in [-0.4, -0.2) is 14.3 Å². The Morgan fingerprint density at radius 2 is 2.00 bits per heavy atom. The fourth-order valence-corrected chi connectivity index (χ4v) is 3.78.